The zero-order chi connectivity index (χ0) is 15.2. The highest BCUT2D eigenvalue weighted by Crippen LogP contribution is 2.17. The predicted octanol–water partition coefficient (Wildman–Crippen LogP) is 2.83. The van der Waals surface area contributed by atoms with E-state index in [1.807, 2.05) is 12.1 Å². The van der Waals surface area contributed by atoms with Crippen LogP contribution in [0.25, 0.3) is 0 Å². The fourth-order valence-electron chi connectivity index (χ4n) is 1.93. The number of hydrogen-bond donors (Lipinski definition) is 1. The molecule has 1 N–H and O–H groups in total. The maximum absolute atomic E-state index is 13.0. The van der Waals surface area contributed by atoms with Crippen LogP contribution in [0.5, 0.6) is 5.75 Å². The Morgan fingerprint density at radius 3 is 2.62 bits per heavy atom. The van der Waals surface area contributed by atoms with Crippen molar-refractivity contribution in [3.63, 3.8) is 0 Å². The maximum atomic E-state index is 13.0. The van der Waals surface area contributed by atoms with E-state index in [1.54, 1.807) is 12.1 Å². The molecule has 0 aromatic heterocycles. The van der Waals surface area contributed by atoms with Crippen molar-refractivity contribution in [2.75, 3.05) is 7.11 Å². The summed E-state index contributed by atoms with van der Waals surface area (Å²) in [5.41, 5.74) is 1.27. The molecule has 1 amide bonds. The first kappa shape index (κ1) is 15.0. The fourth-order valence-corrected chi connectivity index (χ4v) is 1.93. The first-order valence-corrected chi connectivity index (χ1v) is 6.42. The summed E-state index contributed by atoms with van der Waals surface area (Å²) in [7, 11) is 1.54. The minimum Gasteiger partial charge on any atom is -0.496 e. The van der Waals surface area contributed by atoms with Crippen LogP contribution in [-0.2, 0) is 17.8 Å². The van der Waals surface area contributed by atoms with Gasteiger partial charge in [0.05, 0.1) is 13.5 Å². The Labute approximate surface area is 121 Å². The van der Waals surface area contributed by atoms with Crippen LogP contribution in [0.15, 0.2) is 42.5 Å². The van der Waals surface area contributed by atoms with E-state index in [1.165, 1.54) is 13.2 Å². The van der Waals surface area contributed by atoms with Gasteiger partial charge >= 0.3 is 0 Å². The summed E-state index contributed by atoms with van der Waals surface area (Å²) in [6.07, 6.45) is 0.160. The van der Waals surface area contributed by atoms with Gasteiger partial charge < -0.3 is 10.1 Å². The third-order valence-corrected chi connectivity index (χ3v) is 3.02. The minimum absolute atomic E-state index is 0.144. The smallest absolute Gasteiger partial charge is 0.224 e. The molecule has 0 radical (unpaired) electrons. The Hall–Kier alpha value is -2.43. The largest absolute Gasteiger partial charge is 0.496 e. The van der Waals surface area contributed by atoms with Crippen molar-refractivity contribution < 1.29 is 18.3 Å². The number of carbonyl (C=O) groups is 1. The Balaban J connectivity index is 1.94. The number of amides is 1. The monoisotopic (exact) mass is 291 g/mol. The van der Waals surface area contributed by atoms with E-state index in [9.17, 15) is 13.6 Å². The molecule has 2 rings (SSSR count). The van der Waals surface area contributed by atoms with Crippen LogP contribution in [0.4, 0.5) is 8.78 Å². The standard InChI is InChI=1S/C16H15F2NO2/c1-21-15-5-3-2-4-12(15)9-16(20)19-10-11-6-7-13(17)14(18)8-11/h2-8H,9-10H2,1H3,(H,19,20). The van der Waals surface area contributed by atoms with Crippen LogP contribution in [0.3, 0.4) is 0 Å². The van der Waals surface area contributed by atoms with Crippen LogP contribution >= 0.6 is 0 Å². The molecule has 2 aromatic carbocycles. The number of rotatable bonds is 5. The van der Waals surface area contributed by atoms with Crippen molar-refractivity contribution in [3.8, 4) is 5.75 Å². The number of nitrogens with one attached hydrogen (secondary N) is 1. The van der Waals surface area contributed by atoms with Gasteiger partial charge in [-0.3, -0.25) is 4.79 Å². The average Bonchev–Trinajstić information content (AvgIpc) is 2.49. The van der Waals surface area contributed by atoms with Gasteiger partial charge in [-0.15, -0.1) is 0 Å². The summed E-state index contributed by atoms with van der Waals surface area (Å²) in [6, 6.07) is 10.8. The molecule has 0 fully saturated rings. The van der Waals surface area contributed by atoms with E-state index in [2.05, 4.69) is 5.32 Å². The van der Waals surface area contributed by atoms with Gasteiger partial charge in [0.15, 0.2) is 11.6 Å². The van der Waals surface area contributed by atoms with Crippen molar-refractivity contribution in [2.24, 2.45) is 0 Å². The highest BCUT2D eigenvalue weighted by atomic mass is 19.2. The molecule has 110 valence electrons. The normalized spacial score (nSPS) is 10.2. The highest BCUT2D eigenvalue weighted by Gasteiger charge is 2.08. The van der Waals surface area contributed by atoms with Gasteiger partial charge in [0.2, 0.25) is 5.91 Å². The van der Waals surface area contributed by atoms with Crippen molar-refractivity contribution in [3.05, 3.63) is 65.2 Å². The molecule has 0 bridgehead atoms. The van der Waals surface area contributed by atoms with Gasteiger partial charge in [-0.2, -0.15) is 0 Å². The molecule has 0 spiro atoms. The number of benzene rings is 2. The lowest BCUT2D eigenvalue weighted by Gasteiger charge is -2.09. The molecule has 2 aromatic rings. The summed E-state index contributed by atoms with van der Waals surface area (Å²) >= 11 is 0. The Morgan fingerprint density at radius 2 is 1.90 bits per heavy atom. The molecule has 0 saturated carbocycles. The van der Waals surface area contributed by atoms with Crippen molar-refractivity contribution in [2.45, 2.75) is 13.0 Å². The third kappa shape index (κ3) is 4.02. The van der Waals surface area contributed by atoms with E-state index < -0.39 is 11.6 Å². The lowest BCUT2D eigenvalue weighted by atomic mass is 10.1. The maximum Gasteiger partial charge on any atom is 0.224 e. The molecule has 3 nitrogen and oxygen atoms in total. The molecule has 0 aliphatic heterocycles. The molecule has 0 aliphatic carbocycles. The molecule has 0 heterocycles. The summed E-state index contributed by atoms with van der Waals surface area (Å²) < 4.78 is 31.0. The third-order valence-electron chi connectivity index (χ3n) is 3.02. The van der Waals surface area contributed by atoms with Gasteiger partial charge in [-0.1, -0.05) is 24.3 Å². The molecule has 0 unspecified atom stereocenters. The van der Waals surface area contributed by atoms with Crippen LogP contribution in [0.2, 0.25) is 0 Å². The SMILES string of the molecule is COc1ccccc1CC(=O)NCc1ccc(F)c(F)c1. The van der Waals surface area contributed by atoms with Gasteiger partial charge in [0, 0.05) is 12.1 Å². The molecule has 0 saturated heterocycles. The highest BCUT2D eigenvalue weighted by molar-refractivity contribution is 5.79. The van der Waals surface area contributed by atoms with Gasteiger partial charge in [0.1, 0.15) is 5.75 Å². The van der Waals surface area contributed by atoms with E-state index in [0.29, 0.717) is 11.3 Å². The number of carbonyl (C=O) groups excluding carboxylic acids is 1. The first-order chi connectivity index (χ1) is 10.1. The fraction of sp³-hybridized carbons (Fsp3) is 0.188. The Morgan fingerprint density at radius 1 is 1.14 bits per heavy atom. The number of methoxy groups -OCH3 is 1. The Kier molecular flexibility index (Phi) is 4.87. The van der Waals surface area contributed by atoms with E-state index >= 15 is 0 Å². The van der Waals surface area contributed by atoms with Crippen LogP contribution < -0.4 is 10.1 Å². The molecule has 21 heavy (non-hydrogen) atoms. The van der Waals surface area contributed by atoms with Crippen LogP contribution in [0, 0.1) is 11.6 Å². The quantitative estimate of drug-likeness (QED) is 0.920. The number of halogens is 2. The van der Waals surface area contributed by atoms with E-state index in [4.69, 9.17) is 4.74 Å². The number of para-hydroxylation sites is 1. The lowest BCUT2D eigenvalue weighted by molar-refractivity contribution is -0.120. The zero-order valence-electron chi connectivity index (χ0n) is 11.5. The first-order valence-electron chi connectivity index (χ1n) is 6.42. The second kappa shape index (κ2) is 6.83. The summed E-state index contributed by atoms with van der Waals surface area (Å²) in [5.74, 6) is -1.41. The van der Waals surface area contributed by atoms with Crippen molar-refractivity contribution >= 4 is 5.91 Å². The topological polar surface area (TPSA) is 38.3 Å². The number of hydrogen-bond acceptors (Lipinski definition) is 2. The lowest BCUT2D eigenvalue weighted by Crippen LogP contribution is -2.24. The van der Waals surface area contributed by atoms with Crippen molar-refractivity contribution in [1.82, 2.24) is 5.32 Å². The van der Waals surface area contributed by atoms with Gasteiger partial charge in [0.25, 0.3) is 0 Å². The number of ether oxygens (including phenoxy) is 1. The predicted molar refractivity (Wildman–Crippen MR) is 74.9 cm³/mol. The van der Waals surface area contributed by atoms with Crippen LogP contribution in [0.1, 0.15) is 11.1 Å². The average molecular weight is 291 g/mol. The molecular weight excluding hydrogens is 276 g/mol. The van der Waals surface area contributed by atoms with E-state index in [-0.39, 0.29) is 18.9 Å². The van der Waals surface area contributed by atoms with Gasteiger partial charge in [-0.05, 0) is 23.8 Å². The Bertz CT molecular complexity index is 644. The summed E-state index contributed by atoms with van der Waals surface area (Å²) in [6.45, 7) is 0.144. The summed E-state index contributed by atoms with van der Waals surface area (Å²) in [5, 5.41) is 2.66. The second-order valence-electron chi connectivity index (χ2n) is 4.51. The van der Waals surface area contributed by atoms with Gasteiger partial charge in [-0.25, -0.2) is 8.78 Å². The minimum atomic E-state index is -0.925. The second-order valence-corrected chi connectivity index (χ2v) is 4.51. The molecule has 5 heteroatoms. The molecule has 0 aliphatic rings. The zero-order valence-corrected chi connectivity index (χ0v) is 11.5. The van der Waals surface area contributed by atoms with E-state index in [0.717, 1.165) is 17.7 Å². The summed E-state index contributed by atoms with van der Waals surface area (Å²) in [4.78, 5) is 11.9. The molecular formula is C16H15F2NO2. The van der Waals surface area contributed by atoms with Crippen molar-refractivity contribution in [1.29, 1.82) is 0 Å². The molecule has 0 atom stereocenters. The van der Waals surface area contributed by atoms with Crippen LogP contribution in [-0.4, -0.2) is 13.0 Å².